The van der Waals surface area contributed by atoms with Gasteiger partial charge in [0.25, 0.3) is 0 Å². The molecule has 0 radical (unpaired) electrons. The van der Waals surface area contributed by atoms with E-state index in [0.717, 1.165) is 44.5 Å². The molecule has 0 aromatic heterocycles. The number of ether oxygens (including phenoxy) is 1. The number of anilines is 1. The highest BCUT2D eigenvalue weighted by Crippen LogP contribution is 2.27. The van der Waals surface area contributed by atoms with Gasteiger partial charge in [-0.3, -0.25) is 0 Å². The normalized spacial score (nSPS) is 20.6. The maximum Gasteiger partial charge on any atom is 0.119 e. The summed E-state index contributed by atoms with van der Waals surface area (Å²) >= 11 is 0. The summed E-state index contributed by atoms with van der Waals surface area (Å²) < 4.78 is 5.82. The fourth-order valence-electron chi connectivity index (χ4n) is 2.55. The highest BCUT2D eigenvalue weighted by Gasteiger charge is 2.17. The van der Waals surface area contributed by atoms with E-state index in [1.807, 2.05) is 0 Å². The molecule has 1 aromatic rings. The molecule has 18 heavy (non-hydrogen) atoms. The van der Waals surface area contributed by atoms with E-state index in [0.29, 0.717) is 0 Å². The summed E-state index contributed by atoms with van der Waals surface area (Å²) in [6.45, 7) is 5.26. The molecular formula is C15H22N2O. The first-order valence-corrected chi connectivity index (χ1v) is 7.10. The van der Waals surface area contributed by atoms with Gasteiger partial charge in [0.05, 0.1) is 6.61 Å². The summed E-state index contributed by atoms with van der Waals surface area (Å²) in [4.78, 5) is 2.42. The van der Waals surface area contributed by atoms with Crippen molar-refractivity contribution < 1.29 is 4.74 Å². The number of rotatable bonds is 4. The number of nitrogens with one attached hydrogen (secondary N) is 1. The monoisotopic (exact) mass is 246 g/mol. The third-order valence-corrected chi connectivity index (χ3v) is 4.03. The fourth-order valence-corrected chi connectivity index (χ4v) is 2.55. The minimum absolute atomic E-state index is 0.804. The lowest BCUT2D eigenvalue weighted by molar-refractivity contribution is 0.180. The number of benzene rings is 1. The number of hydrogen-bond acceptors (Lipinski definition) is 3. The van der Waals surface area contributed by atoms with Crippen molar-refractivity contribution in [2.45, 2.75) is 19.3 Å². The molecule has 0 spiro atoms. The van der Waals surface area contributed by atoms with Gasteiger partial charge in [-0.05, 0) is 43.0 Å². The van der Waals surface area contributed by atoms with Crippen molar-refractivity contribution in [3.8, 4) is 5.75 Å². The van der Waals surface area contributed by atoms with Crippen LogP contribution in [0.25, 0.3) is 0 Å². The predicted molar refractivity (Wildman–Crippen MR) is 74.4 cm³/mol. The van der Waals surface area contributed by atoms with Gasteiger partial charge in [0.1, 0.15) is 5.75 Å². The van der Waals surface area contributed by atoms with Crippen LogP contribution < -0.4 is 15.0 Å². The lowest BCUT2D eigenvalue weighted by Gasteiger charge is -2.29. The highest BCUT2D eigenvalue weighted by molar-refractivity contribution is 5.49. The van der Waals surface area contributed by atoms with Crippen molar-refractivity contribution in [2.24, 2.45) is 5.92 Å². The summed E-state index contributed by atoms with van der Waals surface area (Å²) in [5.41, 5.74) is 1.31. The molecule has 0 atom stereocenters. The van der Waals surface area contributed by atoms with E-state index in [1.165, 1.54) is 24.9 Å². The lowest BCUT2D eigenvalue weighted by atomic mass is 9.86. The zero-order valence-electron chi connectivity index (χ0n) is 10.9. The van der Waals surface area contributed by atoms with E-state index in [4.69, 9.17) is 4.74 Å². The average molecular weight is 246 g/mol. The second-order valence-electron chi connectivity index (χ2n) is 5.34. The van der Waals surface area contributed by atoms with Crippen LogP contribution in [0.4, 0.5) is 5.69 Å². The van der Waals surface area contributed by atoms with Crippen LogP contribution in [0.2, 0.25) is 0 Å². The average Bonchev–Trinajstić information content (AvgIpc) is 2.39. The molecule has 1 heterocycles. The van der Waals surface area contributed by atoms with E-state index in [9.17, 15) is 0 Å². The van der Waals surface area contributed by atoms with Crippen LogP contribution in [0, 0.1) is 5.92 Å². The van der Waals surface area contributed by atoms with Crippen LogP contribution in [-0.4, -0.2) is 32.8 Å². The minimum atomic E-state index is 0.804. The topological polar surface area (TPSA) is 24.5 Å². The van der Waals surface area contributed by atoms with Crippen LogP contribution in [0.5, 0.6) is 5.75 Å². The zero-order chi connectivity index (χ0) is 12.2. The number of nitrogens with zero attached hydrogens (tertiary/aromatic N) is 1. The summed E-state index contributed by atoms with van der Waals surface area (Å²) in [6, 6.07) is 8.58. The molecule has 0 bridgehead atoms. The Morgan fingerprint density at radius 2 is 1.83 bits per heavy atom. The molecule has 1 saturated carbocycles. The largest absolute Gasteiger partial charge is 0.493 e. The molecule has 3 nitrogen and oxygen atoms in total. The van der Waals surface area contributed by atoms with E-state index in [1.54, 1.807) is 0 Å². The van der Waals surface area contributed by atoms with E-state index in [2.05, 4.69) is 34.5 Å². The van der Waals surface area contributed by atoms with Gasteiger partial charge in [0.2, 0.25) is 0 Å². The summed E-state index contributed by atoms with van der Waals surface area (Å²) in [7, 11) is 0. The molecule has 2 aliphatic rings. The molecule has 3 heteroatoms. The van der Waals surface area contributed by atoms with Crippen molar-refractivity contribution in [3.05, 3.63) is 24.3 Å². The molecule has 1 N–H and O–H groups in total. The molecule has 0 amide bonds. The highest BCUT2D eigenvalue weighted by atomic mass is 16.5. The van der Waals surface area contributed by atoms with Crippen molar-refractivity contribution in [1.82, 2.24) is 5.32 Å². The Morgan fingerprint density at radius 1 is 1.11 bits per heavy atom. The molecule has 0 unspecified atom stereocenters. The fraction of sp³-hybridized carbons (Fsp3) is 0.600. The van der Waals surface area contributed by atoms with Crippen LogP contribution >= 0.6 is 0 Å². The Hall–Kier alpha value is -1.22. The third-order valence-electron chi connectivity index (χ3n) is 4.03. The van der Waals surface area contributed by atoms with Crippen LogP contribution in [0.3, 0.4) is 0 Å². The second-order valence-corrected chi connectivity index (χ2v) is 5.34. The Bertz CT molecular complexity index is 367. The maximum atomic E-state index is 5.82. The molecule has 2 fully saturated rings. The SMILES string of the molecule is c1cc(N2CCNCC2)ccc1OCC1CCC1. The van der Waals surface area contributed by atoms with Gasteiger partial charge in [-0.15, -0.1) is 0 Å². The molecule has 3 rings (SSSR count). The van der Waals surface area contributed by atoms with Gasteiger partial charge < -0.3 is 15.0 Å². The van der Waals surface area contributed by atoms with Gasteiger partial charge in [-0.2, -0.15) is 0 Å². The first-order chi connectivity index (χ1) is 8.92. The summed E-state index contributed by atoms with van der Waals surface area (Å²) in [5, 5.41) is 3.38. The quantitative estimate of drug-likeness (QED) is 0.882. The Balaban J connectivity index is 1.54. The van der Waals surface area contributed by atoms with Gasteiger partial charge >= 0.3 is 0 Å². The molecule has 1 aromatic carbocycles. The first-order valence-electron chi connectivity index (χ1n) is 7.10. The predicted octanol–water partition coefficient (Wildman–Crippen LogP) is 2.28. The van der Waals surface area contributed by atoms with Crippen LogP contribution in [-0.2, 0) is 0 Å². The molecule has 1 aliphatic carbocycles. The molecule has 98 valence electrons. The molecule has 1 aliphatic heterocycles. The van der Waals surface area contributed by atoms with Crippen LogP contribution in [0.1, 0.15) is 19.3 Å². The van der Waals surface area contributed by atoms with Crippen molar-refractivity contribution >= 4 is 5.69 Å². The second kappa shape index (κ2) is 5.61. The summed E-state index contributed by atoms with van der Waals surface area (Å²) in [6.07, 6.45) is 4.08. The van der Waals surface area contributed by atoms with Crippen molar-refractivity contribution in [3.63, 3.8) is 0 Å². The minimum Gasteiger partial charge on any atom is -0.493 e. The van der Waals surface area contributed by atoms with Crippen LogP contribution in [0.15, 0.2) is 24.3 Å². The van der Waals surface area contributed by atoms with E-state index < -0.39 is 0 Å². The van der Waals surface area contributed by atoms with Crippen molar-refractivity contribution in [2.75, 3.05) is 37.7 Å². The lowest BCUT2D eigenvalue weighted by Crippen LogP contribution is -2.43. The Kier molecular flexibility index (Phi) is 3.69. The smallest absolute Gasteiger partial charge is 0.119 e. The van der Waals surface area contributed by atoms with Gasteiger partial charge in [-0.1, -0.05) is 6.42 Å². The van der Waals surface area contributed by atoms with E-state index >= 15 is 0 Å². The van der Waals surface area contributed by atoms with Gasteiger partial charge in [0.15, 0.2) is 0 Å². The van der Waals surface area contributed by atoms with Gasteiger partial charge in [-0.25, -0.2) is 0 Å². The summed E-state index contributed by atoms with van der Waals surface area (Å²) in [5.74, 6) is 1.82. The van der Waals surface area contributed by atoms with Crippen molar-refractivity contribution in [1.29, 1.82) is 0 Å². The number of piperazine rings is 1. The Labute approximate surface area is 109 Å². The third kappa shape index (κ3) is 2.78. The maximum absolute atomic E-state index is 5.82. The first kappa shape index (κ1) is 11.8. The molecule has 1 saturated heterocycles. The van der Waals surface area contributed by atoms with E-state index in [-0.39, 0.29) is 0 Å². The Morgan fingerprint density at radius 3 is 2.44 bits per heavy atom. The molecular weight excluding hydrogens is 224 g/mol. The van der Waals surface area contributed by atoms with Gasteiger partial charge in [0, 0.05) is 31.9 Å². The number of hydrogen-bond donors (Lipinski definition) is 1. The standard InChI is InChI=1S/C15H22N2O/c1-2-13(3-1)12-18-15-6-4-14(5-7-15)17-10-8-16-9-11-17/h4-7,13,16H,1-3,8-12H2. The zero-order valence-corrected chi connectivity index (χ0v) is 10.9.